The molecule has 0 rings (SSSR count). The quantitative estimate of drug-likeness (QED) is 0.469. The van der Waals surface area contributed by atoms with E-state index in [0.29, 0.717) is 5.75 Å². The van der Waals surface area contributed by atoms with Gasteiger partial charge in [0.2, 0.25) is 0 Å². The van der Waals surface area contributed by atoms with Crippen molar-refractivity contribution in [2.45, 2.75) is 13.8 Å². The third-order valence-corrected chi connectivity index (χ3v) is 1.92. The SMILES string of the molecule is COC(=O)C(C)(C)CS. The minimum absolute atomic E-state index is 0.211. The summed E-state index contributed by atoms with van der Waals surface area (Å²) < 4.78 is 4.52. The van der Waals surface area contributed by atoms with Gasteiger partial charge in [0, 0.05) is 5.75 Å². The minimum atomic E-state index is -0.447. The van der Waals surface area contributed by atoms with Crippen LogP contribution in [0.25, 0.3) is 0 Å². The van der Waals surface area contributed by atoms with Gasteiger partial charge >= 0.3 is 5.97 Å². The largest absolute Gasteiger partial charge is 0.469 e. The molecule has 0 saturated heterocycles. The highest BCUT2D eigenvalue weighted by molar-refractivity contribution is 7.80. The molecule has 0 heterocycles. The zero-order valence-electron chi connectivity index (χ0n) is 5.97. The summed E-state index contributed by atoms with van der Waals surface area (Å²) in [6.07, 6.45) is 0. The Morgan fingerprint density at radius 2 is 2.11 bits per heavy atom. The maximum absolute atomic E-state index is 10.8. The fourth-order valence-corrected chi connectivity index (χ4v) is 0.470. The van der Waals surface area contributed by atoms with Gasteiger partial charge in [0.25, 0.3) is 0 Å². The van der Waals surface area contributed by atoms with Crippen LogP contribution in [0.2, 0.25) is 0 Å². The second-order valence-electron chi connectivity index (χ2n) is 2.53. The molecule has 0 fully saturated rings. The molecule has 3 heteroatoms. The fraction of sp³-hybridized carbons (Fsp3) is 0.833. The lowest BCUT2D eigenvalue weighted by molar-refractivity contribution is -0.149. The van der Waals surface area contributed by atoms with Crippen LogP contribution in [0.15, 0.2) is 0 Å². The van der Waals surface area contributed by atoms with Crippen molar-refractivity contribution in [3.8, 4) is 0 Å². The Balaban J connectivity index is 3.97. The highest BCUT2D eigenvalue weighted by Crippen LogP contribution is 2.17. The van der Waals surface area contributed by atoms with Crippen LogP contribution in [-0.4, -0.2) is 18.8 Å². The van der Waals surface area contributed by atoms with E-state index in [2.05, 4.69) is 17.4 Å². The molecule has 0 radical (unpaired) electrons. The van der Waals surface area contributed by atoms with Gasteiger partial charge in [-0.05, 0) is 13.8 Å². The first-order valence-corrected chi connectivity index (χ1v) is 3.37. The number of methoxy groups -OCH3 is 1. The van der Waals surface area contributed by atoms with Crippen molar-refractivity contribution in [2.24, 2.45) is 5.41 Å². The average molecular weight is 148 g/mol. The van der Waals surface area contributed by atoms with Crippen LogP contribution in [-0.2, 0) is 9.53 Å². The number of carbonyl (C=O) groups excluding carboxylic acids is 1. The fourth-order valence-electron chi connectivity index (χ4n) is 0.341. The molecule has 9 heavy (non-hydrogen) atoms. The second-order valence-corrected chi connectivity index (χ2v) is 2.85. The predicted octanol–water partition coefficient (Wildman–Crippen LogP) is 1.12. The minimum Gasteiger partial charge on any atom is -0.469 e. The van der Waals surface area contributed by atoms with E-state index in [9.17, 15) is 4.79 Å². The number of rotatable bonds is 2. The number of carbonyl (C=O) groups is 1. The van der Waals surface area contributed by atoms with E-state index in [-0.39, 0.29) is 5.97 Å². The summed E-state index contributed by atoms with van der Waals surface area (Å²) in [6, 6.07) is 0. The van der Waals surface area contributed by atoms with E-state index in [1.54, 1.807) is 13.8 Å². The highest BCUT2D eigenvalue weighted by atomic mass is 32.1. The van der Waals surface area contributed by atoms with Crippen LogP contribution in [0.4, 0.5) is 0 Å². The molecule has 0 N–H and O–H groups in total. The summed E-state index contributed by atoms with van der Waals surface area (Å²) in [5.41, 5.74) is -0.447. The molecule has 2 nitrogen and oxygen atoms in total. The van der Waals surface area contributed by atoms with Crippen LogP contribution >= 0.6 is 12.6 Å². The Morgan fingerprint density at radius 3 is 2.22 bits per heavy atom. The molecular formula is C6H12O2S. The Bertz CT molecular complexity index is 110. The summed E-state index contributed by atoms with van der Waals surface area (Å²) in [6.45, 7) is 3.59. The number of ether oxygens (including phenoxy) is 1. The smallest absolute Gasteiger partial charge is 0.312 e. The van der Waals surface area contributed by atoms with E-state index >= 15 is 0 Å². The third-order valence-electron chi connectivity index (χ3n) is 1.13. The molecule has 0 aromatic rings. The molecule has 0 aromatic carbocycles. The molecule has 0 aliphatic heterocycles. The molecule has 54 valence electrons. The first-order chi connectivity index (χ1) is 4.04. The Morgan fingerprint density at radius 1 is 1.67 bits per heavy atom. The predicted molar refractivity (Wildman–Crippen MR) is 39.7 cm³/mol. The van der Waals surface area contributed by atoms with Gasteiger partial charge in [0.1, 0.15) is 0 Å². The Labute approximate surface area is 61.0 Å². The molecule has 0 aliphatic carbocycles. The van der Waals surface area contributed by atoms with Crippen LogP contribution in [0, 0.1) is 5.41 Å². The van der Waals surface area contributed by atoms with Crippen molar-refractivity contribution in [3.63, 3.8) is 0 Å². The number of hydrogen-bond donors (Lipinski definition) is 1. The molecule has 0 atom stereocenters. The maximum Gasteiger partial charge on any atom is 0.312 e. The number of esters is 1. The van der Waals surface area contributed by atoms with Gasteiger partial charge < -0.3 is 4.74 Å². The molecular weight excluding hydrogens is 136 g/mol. The summed E-state index contributed by atoms with van der Waals surface area (Å²) in [4.78, 5) is 10.8. The molecule has 0 amide bonds. The zero-order chi connectivity index (χ0) is 7.49. The van der Waals surface area contributed by atoms with E-state index in [4.69, 9.17) is 0 Å². The van der Waals surface area contributed by atoms with Gasteiger partial charge in [0.05, 0.1) is 12.5 Å². The van der Waals surface area contributed by atoms with Crippen molar-refractivity contribution in [2.75, 3.05) is 12.9 Å². The average Bonchev–Trinajstić information content (AvgIpc) is 1.86. The maximum atomic E-state index is 10.8. The van der Waals surface area contributed by atoms with Crippen molar-refractivity contribution in [3.05, 3.63) is 0 Å². The Hall–Kier alpha value is -0.180. The van der Waals surface area contributed by atoms with Crippen molar-refractivity contribution >= 4 is 18.6 Å². The van der Waals surface area contributed by atoms with Crippen molar-refractivity contribution in [1.29, 1.82) is 0 Å². The highest BCUT2D eigenvalue weighted by Gasteiger charge is 2.26. The van der Waals surface area contributed by atoms with E-state index < -0.39 is 5.41 Å². The van der Waals surface area contributed by atoms with Gasteiger partial charge in [-0.3, -0.25) is 4.79 Å². The van der Waals surface area contributed by atoms with Crippen molar-refractivity contribution < 1.29 is 9.53 Å². The van der Waals surface area contributed by atoms with E-state index in [0.717, 1.165) is 0 Å². The normalized spacial score (nSPS) is 11.1. The van der Waals surface area contributed by atoms with Gasteiger partial charge in [0.15, 0.2) is 0 Å². The van der Waals surface area contributed by atoms with Crippen molar-refractivity contribution in [1.82, 2.24) is 0 Å². The third kappa shape index (κ3) is 2.26. The number of hydrogen-bond acceptors (Lipinski definition) is 3. The molecule has 0 unspecified atom stereocenters. The monoisotopic (exact) mass is 148 g/mol. The standard InChI is InChI=1S/C6H12O2S/c1-6(2,4-9)5(7)8-3/h9H,4H2,1-3H3. The summed E-state index contributed by atoms with van der Waals surface area (Å²) in [5.74, 6) is 0.303. The van der Waals surface area contributed by atoms with Crippen LogP contribution in [0.1, 0.15) is 13.8 Å². The van der Waals surface area contributed by atoms with Gasteiger partial charge in [-0.25, -0.2) is 0 Å². The molecule has 0 bridgehead atoms. The lowest BCUT2D eigenvalue weighted by atomic mass is 9.97. The molecule has 0 aliphatic rings. The topological polar surface area (TPSA) is 26.3 Å². The molecule has 0 spiro atoms. The van der Waals surface area contributed by atoms with Gasteiger partial charge in [-0.2, -0.15) is 12.6 Å². The van der Waals surface area contributed by atoms with Gasteiger partial charge in [-0.1, -0.05) is 0 Å². The molecule has 0 aromatic heterocycles. The first-order valence-electron chi connectivity index (χ1n) is 2.74. The molecule has 0 saturated carbocycles. The van der Waals surface area contributed by atoms with Gasteiger partial charge in [-0.15, -0.1) is 0 Å². The first kappa shape index (κ1) is 8.82. The lowest BCUT2D eigenvalue weighted by Gasteiger charge is -2.17. The Kier molecular flexibility index (Phi) is 3.04. The summed E-state index contributed by atoms with van der Waals surface area (Å²) in [5, 5.41) is 0. The van der Waals surface area contributed by atoms with Crippen LogP contribution in [0.5, 0.6) is 0 Å². The van der Waals surface area contributed by atoms with Crippen LogP contribution < -0.4 is 0 Å². The lowest BCUT2D eigenvalue weighted by Crippen LogP contribution is -2.27. The zero-order valence-corrected chi connectivity index (χ0v) is 6.87. The summed E-state index contributed by atoms with van der Waals surface area (Å²) in [7, 11) is 1.38. The van der Waals surface area contributed by atoms with Crippen LogP contribution in [0.3, 0.4) is 0 Å². The second kappa shape index (κ2) is 3.11. The van der Waals surface area contributed by atoms with E-state index in [1.807, 2.05) is 0 Å². The van der Waals surface area contributed by atoms with E-state index in [1.165, 1.54) is 7.11 Å². The summed E-state index contributed by atoms with van der Waals surface area (Å²) >= 11 is 3.99. The number of thiol groups is 1.